The minimum Gasteiger partial charge on any atom is -0.212 e. The molecule has 6 heteroatoms. The fraction of sp³-hybridized carbons (Fsp3) is 0.200. The number of hydrogen-bond acceptors (Lipinski definition) is 4. The van der Waals surface area contributed by atoms with Crippen molar-refractivity contribution in [3.8, 4) is 0 Å². The SMILES string of the molecule is O=S(=O)(Cl)Cc1cccnn1. The predicted octanol–water partition coefficient (Wildman–Crippen LogP) is 0.545. The molecular weight excluding hydrogens is 188 g/mol. The molecule has 0 aliphatic carbocycles. The van der Waals surface area contributed by atoms with Crippen molar-refractivity contribution in [3.63, 3.8) is 0 Å². The minimum atomic E-state index is -3.51. The summed E-state index contributed by atoms with van der Waals surface area (Å²) in [7, 11) is 1.46. The fourth-order valence-corrected chi connectivity index (χ4v) is 1.43. The molecular formula is C5H5ClN2O2S. The molecule has 0 saturated carbocycles. The fourth-order valence-electron chi connectivity index (χ4n) is 0.587. The van der Waals surface area contributed by atoms with Gasteiger partial charge in [-0.15, -0.1) is 0 Å². The zero-order valence-electron chi connectivity index (χ0n) is 5.44. The second-order valence-corrected chi connectivity index (χ2v) is 4.68. The summed E-state index contributed by atoms with van der Waals surface area (Å²) in [4.78, 5) is 0. The van der Waals surface area contributed by atoms with Gasteiger partial charge >= 0.3 is 0 Å². The first-order valence-corrected chi connectivity index (χ1v) is 5.25. The van der Waals surface area contributed by atoms with Crippen LogP contribution in [0.2, 0.25) is 0 Å². The zero-order chi connectivity index (χ0) is 8.32. The maximum atomic E-state index is 10.5. The third-order valence-electron chi connectivity index (χ3n) is 0.948. The molecule has 60 valence electrons. The number of nitrogens with zero attached hydrogens (tertiary/aromatic N) is 2. The van der Waals surface area contributed by atoms with Gasteiger partial charge in [0.05, 0.1) is 5.69 Å². The smallest absolute Gasteiger partial charge is 0.212 e. The summed E-state index contributed by atoms with van der Waals surface area (Å²) >= 11 is 0. The molecule has 1 rings (SSSR count). The van der Waals surface area contributed by atoms with Crippen LogP contribution in [0, 0.1) is 0 Å². The van der Waals surface area contributed by atoms with Gasteiger partial charge in [0.25, 0.3) is 0 Å². The van der Waals surface area contributed by atoms with Crippen molar-refractivity contribution in [1.29, 1.82) is 0 Å². The second kappa shape index (κ2) is 3.15. The Morgan fingerprint density at radius 2 is 2.27 bits per heavy atom. The van der Waals surface area contributed by atoms with E-state index in [-0.39, 0.29) is 5.75 Å². The maximum Gasteiger partial charge on any atom is 0.238 e. The van der Waals surface area contributed by atoms with Crippen molar-refractivity contribution >= 4 is 19.7 Å². The lowest BCUT2D eigenvalue weighted by molar-refractivity contribution is 0.608. The Balaban J connectivity index is 2.82. The highest BCUT2D eigenvalue weighted by molar-refractivity contribution is 8.13. The van der Waals surface area contributed by atoms with E-state index in [2.05, 4.69) is 10.2 Å². The molecule has 1 aromatic heterocycles. The van der Waals surface area contributed by atoms with Crippen molar-refractivity contribution in [2.75, 3.05) is 0 Å². The van der Waals surface area contributed by atoms with Gasteiger partial charge in [-0.2, -0.15) is 10.2 Å². The average molecular weight is 193 g/mol. The molecule has 0 bridgehead atoms. The van der Waals surface area contributed by atoms with Crippen molar-refractivity contribution in [1.82, 2.24) is 10.2 Å². The highest BCUT2D eigenvalue weighted by Gasteiger charge is 2.07. The van der Waals surface area contributed by atoms with Gasteiger partial charge in [-0.25, -0.2) is 8.42 Å². The van der Waals surface area contributed by atoms with Crippen LogP contribution in [0.4, 0.5) is 0 Å². The van der Waals surface area contributed by atoms with Crippen LogP contribution in [0.3, 0.4) is 0 Å². The monoisotopic (exact) mass is 192 g/mol. The van der Waals surface area contributed by atoms with E-state index in [1.807, 2.05) is 0 Å². The average Bonchev–Trinajstić information content (AvgIpc) is 1.85. The molecule has 0 atom stereocenters. The summed E-state index contributed by atoms with van der Waals surface area (Å²) in [5.74, 6) is -0.275. The highest BCUT2D eigenvalue weighted by Crippen LogP contribution is 2.04. The topological polar surface area (TPSA) is 59.9 Å². The van der Waals surface area contributed by atoms with Crippen LogP contribution in [0.5, 0.6) is 0 Å². The third-order valence-corrected chi connectivity index (χ3v) is 1.92. The molecule has 0 N–H and O–H groups in total. The summed E-state index contributed by atoms with van der Waals surface area (Å²) in [5, 5.41) is 7.05. The van der Waals surface area contributed by atoms with Gasteiger partial charge in [0.15, 0.2) is 0 Å². The van der Waals surface area contributed by atoms with Crippen molar-refractivity contribution in [3.05, 3.63) is 24.0 Å². The first-order chi connectivity index (χ1) is 5.08. The molecule has 0 spiro atoms. The Morgan fingerprint density at radius 3 is 2.73 bits per heavy atom. The van der Waals surface area contributed by atoms with E-state index < -0.39 is 9.05 Å². The molecule has 0 saturated heterocycles. The summed E-state index contributed by atoms with van der Waals surface area (Å²) in [6, 6.07) is 3.15. The first-order valence-electron chi connectivity index (χ1n) is 2.77. The first kappa shape index (κ1) is 8.42. The van der Waals surface area contributed by atoms with Crippen LogP contribution in [-0.4, -0.2) is 18.6 Å². The van der Waals surface area contributed by atoms with Gasteiger partial charge in [-0.05, 0) is 12.1 Å². The summed E-state index contributed by atoms with van der Waals surface area (Å²) in [6.45, 7) is 0. The van der Waals surface area contributed by atoms with Gasteiger partial charge in [0.2, 0.25) is 9.05 Å². The normalized spacial score (nSPS) is 11.4. The Hall–Kier alpha value is -0.680. The van der Waals surface area contributed by atoms with Crippen LogP contribution in [0.15, 0.2) is 18.3 Å². The van der Waals surface area contributed by atoms with E-state index in [9.17, 15) is 8.42 Å². The van der Waals surface area contributed by atoms with E-state index in [0.29, 0.717) is 5.69 Å². The van der Waals surface area contributed by atoms with Crippen molar-refractivity contribution in [2.24, 2.45) is 0 Å². The van der Waals surface area contributed by atoms with Gasteiger partial charge in [-0.3, -0.25) is 0 Å². The molecule has 0 fully saturated rings. The molecule has 1 aromatic rings. The summed E-state index contributed by atoms with van der Waals surface area (Å²) in [5.41, 5.74) is 0.350. The maximum absolute atomic E-state index is 10.5. The van der Waals surface area contributed by atoms with Crippen LogP contribution in [0.25, 0.3) is 0 Å². The molecule has 0 unspecified atom stereocenters. The summed E-state index contributed by atoms with van der Waals surface area (Å²) in [6.07, 6.45) is 1.46. The quantitative estimate of drug-likeness (QED) is 0.642. The lowest BCUT2D eigenvalue weighted by Gasteiger charge is -1.92. The highest BCUT2D eigenvalue weighted by atomic mass is 35.7. The number of rotatable bonds is 2. The largest absolute Gasteiger partial charge is 0.238 e. The minimum absolute atomic E-state index is 0.275. The third kappa shape index (κ3) is 3.29. The van der Waals surface area contributed by atoms with E-state index >= 15 is 0 Å². The number of aromatic nitrogens is 2. The Kier molecular flexibility index (Phi) is 2.41. The zero-order valence-corrected chi connectivity index (χ0v) is 7.01. The Labute approximate surface area is 68.6 Å². The van der Waals surface area contributed by atoms with Crippen molar-refractivity contribution in [2.45, 2.75) is 5.75 Å². The van der Waals surface area contributed by atoms with Crippen LogP contribution in [0.1, 0.15) is 5.69 Å². The molecule has 11 heavy (non-hydrogen) atoms. The standard InChI is InChI=1S/C5H5ClN2O2S/c6-11(9,10)4-5-2-1-3-7-8-5/h1-3H,4H2. The Bertz CT molecular complexity index is 324. The van der Waals surface area contributed by atoms with E-state index in [0.717, 1.165) is 0 Å². The lowest BCUT2D eigenvalue weighted by Crippen LogP contribution is -1.98. The summed E-state index contributed by atoms with van der Waals surface area (Å²) < 4.78 is 21.0. The van der Waals surface area contributed by atoms with E-state index in [1.54, 1.807) is 12.1 Å². The van der Waals surface area contributed by atoms with Gasteiger partial charge in [-0.1, -0.05) is 0 Å². The predicted molar refractivity (Wildman–Crippen MR) is 40.5 cm³/mol. The molecule has 0 aromatic carbocycles. The van der Waals surface area contributed by atoms with E-state index in [1.165, 1.54) is 6.20 Å². The van der Waals surface area contributed by atoms with E-state index in [4.69, 9.17) is 10.7 Å². The van der Waals surface area contributed by atoms with Crippen LogP contribution in [-0.2, 0) is 14.8 Å². The molecule has 0 radical (unpaired) electrons. The molecule has 4 nitrogen and oxygen atoms in total. The van der Waals surface area contributed by atoms with Gasteiger partial charge in [0.1, 0.15) is 5.75 Å². The lowest BCUT2D eigenvalue weighted by atomic mass is 10.4. The van der Waals surface area contributed by atoms with Crippen LogP contribution < -0.4 is 0 Å². The van der Waals surface area contributed by atoms with Gasteiger partial charge in [0, 0.05) is 16.9 Å². The number of hydrogen-bond donors (Lipinski definition) is 0. The Morgan fingerprint density at radius 1 is 1.55 bits per heavy atom. The molecule has 1 heterocycles. The molecule has 0 aliphatic rings. The molecule has 0 aliphatic heterocycles. The van der Waals surface area contributed by atoms with Crippen LogP contribution >= 0.6 is 10.7 Å². The number of halogens is 1. The van der Waals surface area contributed by atoms with Gasteiger partial charge < -0.3 is 0 Å². The van der Waals surface area contributed by atoms with Crippen molar-refractivity contribution < 1.29 is 8.42 Å². The molecule has 0 amide bonds. The second-order valence-electron chi connectivity index (χ2n) is 1.90.